The molecule has 0 saturated heterocycles. The first-order valence-corrected chi connectivity index (χ1v) is 12.4. The van der Waals surface area contributed by atoms with E-state index in [1.165, 1.54) is 6.08 Å². The molecule has 31 heavy (non-hydrogen) atoms. The van der Waals surface area contributed by atoms with Crippen LogP contribution in [0.5, 0.6) is 5.75 Å². The van der Waals surface area contributed by atoms with Gasteiger partial charge in [-0.1, -0.05) is 93.6 Å². The Kier molecular flexibility index (Phi) is 5.27. The summed E-state index contributed by atoms with van der Waals surface area (Å²) in [6.45, 7) is 8.24. The highest BCUT2D eigenvalue weighted by Gasteiger charge is 2.52. The number of allylic oxidation sites excluding steroid dienone is 2. The van der Waals surface area contributed by atoms with Crippen LogP contribution in [0.4, 0.5) is 0 Å². The Balaban J connectivity index is 1.99. The van der Waals surface area contributed by atoms with Crippen molar-refractivity contribution in [3.8, 4) is 5.75 Å². The lowest BCUT2D eigenvalue weighted by Gasteiger charge is -2.43. The van der Waals surface area contributed by atoms with Crippen LogP contribution in [-0.2, 0) is 0 Å². The molecule has 0 heterocycles. The molecule has 0 N–H and O–H groups in total. The number of hydrogen-bond acceptors (Lipinski definition) is 3. The molecule has 0 radical (unpaired) electrons. The Morgan fingerprint density at radius 3 is 1.81 bits per heavy atom. The van der Waals surface area contributed by atoms with Crippen LogP contribution in [-0.4, -0.2) is 19.9 Å². The first-order chi connectivity index (χ1) is 14.8. The zero-order valence-corrected chi connectivity index (χ0v) is 19.3. The fourth-order valence-corrected chi connectivity index (χ4v) is 8.85. The predicted molar refractivity (Wildman–Crippen MR) is 127 cm³/mol. The zero-order chi connectivity index (χ0) is 22.2. The summed E-state index contributed by atoms with van der Waals surface area (Å²) in [7, 11) is -2.90. The van der Waals surface area contributed by atoms with Crippen molar-refractivity contribution < 1.29 is 14.0 Å². The van der Waals surface area contributed by atoms with Gasteiger partial charge in [0, 0.05) is 11.1 Å². The lowest BCUT2D eigenvalue weighted by atomic mass is 9.90. The molecular formula is C27H26O3Si. The number of rotatable bonds is 4. The maximum absolute atomic E-state index is 13.0. The molecule has 3 nitrogen and oxygen atoms in total. The molecule has 4 heteroatoms. The Labute approximate surface area is 184 Å². The van der Waals surface area contributed by atoms with E-state index >= 15 is 0 Å². The second-order valence-corrected chi connectivity index (χ2v) is 13.2. The van der Waals surface area contributed by atoms with Crippen molar-refractivity contribution in [2.24, 2.45) is 0 Å². The van der Waals surface area contributed by atoms with E-state index in [9.17, 15) is 9.59 Å². The summed E-state index contributed by atoms with van der Waals surface area (Å²) in [6, 6.07) is 25.9. The second-order valence-electron chi connectivity index (χ2n) is 8.96. The maximum Gasteiger partial charge on any atom is 0.319 e. The minimum Gasteiger partial charge on any atom is -0.533 e. The first kappa shape index (κ1) is 21.0. The first-order valence-electron chi connectivity index (χ1n) is 10.5. The highest BCUT2D eigenvalue weighted by Crippen LogP contribution is 2.39. The minimum absolute atomic E-state index is 0.123. The smallest absolute Gasteiger partial charge is 0.319 e. The highest BCUT2D eigenvalue weighted by atomic mass is 28.4. The van der Waals surface area contributed by atoms with Crippen LogP contribution >= 0.6 is 0 Å². The summed E-state index contributed by atoms with van der Waals surface area (Å²) in [5, 5.41) is 1.99. The molecule has 0 fully saturated rings. The van der Waals surface area contributed by atoms with Gasteiger partial charge in [-0.2, -0.15) is 0 Å². The standard InChI is InChI=1S/C27H26O3Si/c1-19-18-23(28)25-22(26(19)29)16-11-17-24(25)30-31(27(2,3)4,20-12-7-5-8-13-20)21-14-9-6-10-15-21/h5-18H,1-4H3. The van der Waals surface area contributed by atoms with Gasteiger partial charge in [-0.25, -0.2) is 0 Å². The van der Waals surface area contributed by atoms with Crippen molar-refractivity contribution in [1.29, 1.82) is 0 Å². The molecule has 0 unspecified atom stereocenters. The fraction of sp³-hybridized carbons (Fsp3) is 0.185. The second kappa shape index (κ2) is 7.78. The molecule has 0 saturated carbocycles. The Morgan fingerprint density at radius 2 is 1.29 bits per heavy atom. The number of hydrogen-bond donors (Lipinski definition) is 0. The average Bonchev–Trinajstić information content (AvgIpc) is 2.76. The molecule has 0 atom stereocenters. The van der Waals surface area contributed by atoms with Gasteiger partial charge < -0.3 is 4.43 Å². The monoisotopic (exact) mass is 426 g/mol. The Hall–Kier alpha value is -3.24. The van der Waals surface area contributed by atoms with E-state index in [2.05, 4.69) is 45.0 Å². The Morgan fingerprint density at radius 1 is 0.742 bits per heavy atom. The number of benzene rings is 3. The van der Waals surface area contributed by atoms with Gasteiger partial charge in [0.15, 0.2) is 11.6 Å². The molecule has 0 aromatic heterocycles. The van der Waals surface area contributed by atoms with Crippen LogP contribution in [0.1, 0.15) is 48.4 Å². The molecule has 3 aromatic rings. The van der Waals surface area contributed by atoms with Crippen LogP contribution < -0.4 is 14.8 Å². The lowest BCUT2D eigenvalue weighted by molar-refractivity contribution is 0.0983. The van der Waals surface area contributed by atoms with Gasteiger partial charge in [0.2, 0.25) is 0 Å². The summed E-state index contributed by atoms with van der Waals surface area (Å²) in [4.78, 5) is 25.7. The van der Waals surface area contributed by atoms with E-state index in [4.69, 9.17) is 4.43 Å². The van der Waals surface area contributed by atoms with Crippen LogP contribution in [0, 0.1) is 0 Å². The van der Waals surface area contributed by atoms with E-state index in [0.29, 0.717) is 22.4 Å². The van der Waals surface area contributed by atoms with Gasteiger partial charge in [-0.05, 0) is 34.5 Å². The molecule has 0 amide bonds. The summed E-state index contributed by atoms with van der Waals surface area (Å²) < 4.78 is 7.03. The normalized spacial score (nSPS) is 14.1. The van der Waals surface area contributed by atoms with Crippen molar-refractivity contribution in [3.05, 3.63) is 102 Å². The van der Waals surface area contributed by atoms with E-state index in [0.717, 1.165) is 10.4 Å². The predicted octanol–water partition coefficient (Wildman–Crippen LogP) is 4.95. The summed E-state index contributed by atoms with van der Waals surface area (Å²) >= 11 is 0. The fourth-order valence-electron chi connectivity index (χ4n) is 4.42. The molecule has 156 valence electrons. The quantitative estimate of drug-likeness (QED) is 0.555. The average molecular weight is 427 g/mol. The molecule has 1 aliphatic rings. The molecule has 1 aliphatic carbocycles. The highest BCUT2D eigenvalue weighted by molar-refractivity contribution is 7.00. The molecule has 0 bridgehead atoms. The van der Waals surface area contributed by atoms with Crippen LogP contribution in [0.25, 0.3) is 0 Å². The van der Waals surface area contributed by atoms with E-state index in [1.54, 1.807) is 19.1 Å². The third-order valence-corrected chi connectivity index (χ3v) is 10.8. The lowest BCUT2D eigenvalue weighted by Crippen LogP contribution is -2.69. The summed E-state index contributed by atoms with van der Waals surface area (Å²) in [6.07, 6.45) is 1.42. The van der Waals surface area contributed by atoms with Gasteiger partial charge in [0.25, 0.3) is 0 Å². The van der Waals surface area contributed by atoms with Gasteiger partial charge in [-0.3, -0.25) is 9.59 Å². The van der Waals surface area contributed by atoms with Crippen molar-refractivity contribution in [1.82, 2.24) is 0 Å². The van der Waals surface area contributed by atoms with Crippen molar-refractivity contribution in [3.63, 3.8) is 0 Å². The van der Waals surface area contributed by atoms with Crippen LogP contribution in [0.3, 0.4) is 0 Å². The third kappa shape index (κ3) is 3.47. The van der Waals surface area contributed by atoms with Crippen LogP contribution in [0.2, 0.25) is 5.04 Å². The van der Waals surface area contributed by atoms with Gasteiger partial charge in [-0.15, -0.1) is 0 Å². The molecule has 0 aliphatic heterocycles. The van der Waals surface area contributed by atoms with Crippen molar-refractivity contribution in [2.75, 3.05) is 0 Å². The third-order valence-electron chi connectivity index (χ3n) is 5.90. The topological polar surface area (TPSA) is 43.4 Å². The minimum atomic E-state index is -2.90. The van der Waals surface area contributed by atoms with Crippen molar-refractivity contribution in [2.45, 2.75) is 32.7 Å². The van der Waals surface area contributed by atoms with Gasteiger partial charge >= 0.3 is 8.32 Å². The zero-order valence-electron chi connectivity index (χ0n) is 18.3. The largest absolute Gasteiger partial charge is 0.533 e. The summed E-state index contributed by atoms with van der Waals surface area (Å²) in [5.41, 5.74) is 1.24. The molecule has 0 spiro atoms. The van der Waals surface area contributed by atoms with Gasteiger partial charge in [0.1, 0.15) is 5.75 Å². The molecular weight excluding hydrogens is 400 g/mol. The number of carbonyl (C=O) groups is 2. The van der Waals surface area contributed by atoms with E-state index in [-0.39, 0.29) is 16.6 Å². The maximum atomic E-state index is 13.0. The molecule has 3 aromatic carbocycles. The van der Waals surface area contributed by atoms with E-state index in [1.807, 2.05) is 42.5 Å². The van der Waals surface area contributed by atoms with Crippen LogP contribution in [0.15, 0.2) is 90.5 Å². The number of carbonyl (C=O) groups excluding carboxylic acids is 2. The number of Topliss-reactive ketones (excluding diaryl/α,β-unsaturated/α-hetero) is 1. The Bertz CT molecular complexity index is 1130. The SMILES string of the molecule is CC1=CC(=O)c2c(O[Si](c3ccccc3)(c3ccccc3)C(C)(C)C)cccc2C1=O. The van der Waals surface area contributed by atoms with E-state index < -0.39 is 8.32 Å². The van der Waals surface area contributed by atoms with Crippen molar-refractivity contribution >= 4 is 30.3 Å². The molecule has 4 rings (SSSR count). The summed E-state index contributed by atoms with van der Waals surface area (Å²) in [5.74, 6) is 0.178. The van der Waals surface area contributed by atoms with Gasteiger partial charge in [0.05, 0.1) is 5.56 Å². The number of fused-ring (bicyclic) bond motifs is 1. The number of ketones is 2.